The number of rotatable bonds is 3. The average molecular weight is 185 g/mol. The lowest BCUT2D eigenvalue weighted by Crippen LogP contribution is -2.48. The minimum Gasteiger partial charge on any atom is -0.383 e. The van der Waals surface area contributed by atoms with Gasteiger partial charge in [-0.05, 0) is 26.7 Å². The van der Waals surface area contributed by atoms with Crippen molar-refractivity contribution in [3.05, 3.63) is 0 Å². The van der Waals surface area contributed by atoms with E-state index in [1.165, 1.54) is 12.8 Å². The van der Waals surface area contributed by atoms with Gasteiger partial charge in [-0.15, -0.1) is 0 Å². The number of hydrogen-bond acceptors (Lipinski definition) is 3. The van der Waals surface area contributed by atoms with Crippen LogP contribution in [0.1, 0.15) is 26.7 Å². The van der Waals surface area contributed by atoms with Gasteiger partial charge in [0.05, 0.1) is 12.7 Å². The van der Waals surface area contributed by atoms with Gasteiger partial charge in [-0.25, -0.2) is 0 Å². The molecule has 0 radical (unpaired) electrons. The summed E-state index contributed by atoms with van der Waals surface area (Å²) >= 11 is 0. The van der Waals surface area contributed by atoms with Crippen molar-refractivity contribution < 1.29 is 9.47 Å². The topological polar surface area (TPSA) is 25.0 Å². The van der Waals surface area contributed by atoms with E-state index in [0.29, 0.717) is 24.4 Å². The number of fused-ring (bicyclic) bond motifs is 1. The third-order valence-electron chi connectivity index (χ3n) is 3.01. The Morgan fingerprint density at radius 1 is 1.46 bits per heavy atom. The Morgan fingerprint density at radius 2 is 2.23 bits per heavy atom. The first kappa shape index (κ1) is 9.44. The first-order chi connectivity index (χ1) is 6.24. The van der Waals surface area contributed by atoms with E-state index in [4.69, 9.17) is 9.47 Å². The maximum absolute atomic E-state index is 5.60. The van der Waals surface area contributed by atoms with Crippen molar-refractivity contribution in [2.45, 2.75) is 51.1 Å². The molecule has 2 aliphatic heterocycles. The summed E-state index contributed by atoms with van der Waals surface area (Å²) in [7, 11) is 1.78. The van der Waals surface area contributed by atoms with Gasteiger partial charge in [0.15, 0.2) is 0 Å². The summed E-state index contributed by atoms with van der Waals surface area (Å²) < 4.78 is 10.8. The summed E-state index contributed by atoms with van der Waals surface area (Å²) in [5.41, 5.74) is 0. The van der Waals surface area contributed by atoms with Crippen molar-refractivity contribution in [3.8, 4) is 0 Å². The molecule has 0 spiro atoms. The van der Waals surface area contributed by atoms with Gasteiger partial charge in [0, 0.05) is 19.2 Å². The number of likely N-dealkylation sites (tertiary alicyclic amines) is 1. The van der Waals surface area contributed by atoms with E-state index >= 15 is 0 Å². The van der Waals surface area contributed by atoms with Crippen molar-refractivity contribution in [1.82, 2.24) is 4.90 Å². The summed E-state index contributed by atoms with van der Waals surface area (Å²) in [5.74, 6) is 0. The van der Waals surface area contributed by atoms with Gasteiger partial charge in [0.2, 0.25) is 0 Å². The van der Waals surface area contributed by atoms with Gasteiger partial charge in [0.1, 0.15) is 6.23 Å². The van der Waals surface area contributed by atoms with E-state index in [-0.39, 0.29) is 0 Å². The molecule has 13 heavy (non-hydrogen) atoms. The summed E-state index contributed by atoms with van der Waals surface area (Å²) in [4.78, 5) is 2.46. The van der Waals surface area contributed by atoms with E-state index < -0.39 is 0 Å². The third-order valence-corrected chi connectivity index (χ3v) is 3.01. The van der Waals surface area contributed by atoms with E-state index in [2.05, 4.69) is 18.7 Å². The molecule has 76 valence electrons. The van der Waals surface area contributed by atoms with Gasteiger partial charge >= 0.3 is 0 Å². The standard InChI is InChI=1S/C10H19NO2/c1-7(2)11-8(6-12-3)4-5-9-10(11)13-9/h7-10H,4-6H2,1-3H3. The molecule has 0 saturated carbocycles. The average Bonchev–Trinajstić information content (AvgIpc) is 2.82. The Morgan fingerprint density at radius 3 is 2.85 bits per heavy atom. The number of nitrogens with zero attached hydrogens (tertiary/aromatic N) is 1. The van der Waals surface area contributed by atoms with Crippen LogP contribution in [0.5, 0.6) is 0 Å². The molecular formula is C10H19NO2. The summed E-state index contributed by atoms with van der Waals surface area (Å²) in [6.07, 6.45) is 3.35. The Bertz CT molecular complexity index is 184. The van der Waals surface area contributed by atoms with Crippen molar-refractivity contribution >= 4 is 0 Å². The fourth-order valence-electron chi connectivity index (χ4n) is 2.40. The first-order valence-corrected chi connectivity index (χ1v) is 5.16. The van der Waals surface area contributed by atoms with Gasteiger partial charge in [-0.3, -0.25) is 4.90 Å². The molecule has 3 heteroatoms. The Labute approximate surface area is 80.0 Å². The predicted molar refractivity (Wildman–Crippen MR) is 50.5 cm³/mol. The minimum atomic E-state index is 0.397. The second kappa shape index (κ2) is 3.56. The highest BCUT2D eigenvalue weighted by molar-refractivity contribution is 4.95. The minimum absolute atomic E-state index is 0.397. The molecule has 3 unspecified atom stereocenters. The second-order valence-electron chi connectivity index (χ2n) is 4.29. The van der Waals surface area contributed by atoms with Crippen LogP contribution in [0.15, 0.2) is 0 Å². The fourth-order valence-corrected chi connectivity index (χ4v) is 2.40. The molecule has 0 N–H and O–H groups in total. The van der Waals surface area contributed by atoms with E-state index in [9.17, 15) is 0 Å². The third kappa shape index (κ3) is 1.73. The highest BCUT2D eigenvalue weighted by Crippen LogP contribution is 2.38. The maximum Gasteiger partial charge on any atom is 0.138 e. The van der Waals surface area contributed by atoms with Crippen LogP contribution in [-0.2, 0) is 9.47 Å². The van der Waals surface area contributed by atoms with Crippen molar-refractivity contribution in [2.75, 3.05) is 13.7 Å². The molecule has 0 aliphatic carbocycles. The quantitative estimate of drug-likeness (QED) is 0.618. The van der Waals surface area contributed by atoms with Crippen molar-refractivity contribution in [2.24, 2.45) is 0 Å². The van der Waals surface area contributed by atoms with Crippen molar-refractivity contribution in [3.63, 3.8) is 0 Å². The molecule has 3 nitrogen and oxygen atoms in total. The highest BCUT2D eigenvalue weighted by atomic mass is 16.6. The summed E-state index contributed by atoms with van der Waals surface area (Å²) in [6.45, 7) is 5.30. The highest BCUT2D eigenvalue weighted by Gasteiger charge is 2.50. The van der Waals surface area contributed by atoms with E-state index in [1.807, 2.05) is 0 Å². The van der Waals surface area contributed by atoms with Crippen LogP contribution in [0.2, 0.25) is 0 Å². The monoisotopic (exact) mass is 185 g/mol. The van der Waals surface area contributed by atoms with Gasteiger partial charge in [-0.1, -0.05) is 0 Å². The zero-order valence-corrected chi connectivity index (χ0v) is 8.69. The molecule has 2 fully saturated rings. The Hall–Kier alpha value is -0.120. The molecular weight excluding hydrogens is 166 g/mol. The lowest BCUT2D eigenvalue weighted by atomic mass is 10.0. The molecule has 0 amide bonds. The molecule has 3 atom stereocenters. The fraction of sp³-hybridized carbons (Fsp3) is 1.00. The summed E-state index contributed by atoms with van der Waals surface area (Å²) in [5, 5.41) is 0. The van der Waals surface area contributed by atoms with Crippen LogP contribution in [0.25, 0.3) is 0 Å². The lowest BCUT2D eigenvalue weighted by Gasteiger charge is -2.35. The number of ether oxygens (including phenoxy) is 2. The number of hydrogen-bond donors (Lipinski definition) is 0. The smallest absolute Gasteiger partial charge is 0.138 e. The van der Waals surface area contributed by atoms with Gasteiger partial charge < -0.3 is 9.47 Å². The zero-order valence-electron chi connectivity index (χ0n) is 8.69. The van der Waals surface area contributed by atoms with Gasteiger partial charge in [0.25, 0.3) is 0 Å². The molecule has 2 aliphatic rings. The zero-order chi connectivity index (χ0) is 9.42. The largest absolute Gasteiger partial charge is 0.383 e. The van der Waals surface area contributed by atoms with Crippen LogP contribution in [0.3, 0.4) is 0 Å². The summed E-state index contributed by atoms with van der Waals surface area (Å²) in [6, 6.07) is 1.13. The number of piperidine rings is 1. The number of epoxide rings is 1. The van der Waals surface area contributed by atoms with E-state index in [0.717, 1.165) is 6.61 Å². The second-order valence-corrected chi connectivity index (χ2v) is 4.29. The van der Waals surface area contributed by atoms with E-state index in [1.54, 1.807) is 7.11 Å². The lowest BCUT2D eigenvalue weighted by molar-refractivity contribution is 0.0279. The van der Waals surface area contributed by atoms with Crippen LogP contribution in [0.4, 0.5) is 0 Å². The molecule has 2 heterocycles. The Balaban J connectivity index is 1.99. The van der Waals surface area contributed by atoms with Crippen LogP contribution >= 0.6 is 0 Å². The number of methoxy groups -OCH3 is 1. The van der Waals surface area contributed by atoms with Crippen LogP contribution in [-0.4, -0.2) is 43.0 Å². The molecule has 0 aromatic heterocycles. The first-order valence-electron chi connectivity index (χ1n) is 5.16. The maximum atomic E-state index is 5.60. The molecule has 0 bridgehead atoms. The van der Waals surface area contributed by atoms with Crippen molar-refractivity contribution in [1.29, 1.82) is 0 Å². The Kier molecular flexibility index (Phi) is 2.58. The van der Waals surface area contributed by atoms with Crippen LogP contribution in [0, 0.1) is 0 Å². The van der Waals surface area contributed by atoms with Gasteiger partial charge in [-0.2, -0.15) is 0 Å². The molecule has 0 aromatic carbocycles. The predicted octanol–water partition coefficient (Wildman–Crippen LogP) is 1.23. The van der Waals surface area contributed by atoms with Crippen LogP contribution < -0.4 is 0 Å². The SMILES string of the molecule is COCC1CCC2OC2N1C(C)C. The molecule has 2 rings (SSSR count). The molecule has 0 aromatic rings. The normalized spacial score (nSPS) is 39.2. The molecule has 2 saturated heterocycles.